The molecule has 0 saturated heterocycles. The van der Waals surface area contributed by atoms with Gasteiger partial charge in [0.15, 0.2) is 0 Å². The van der Waals surface area contributed by atoms with Crippen LogP contribution in [0.3, 0.4) is 0 Å². The quantitative estimate of drug-likeness (QED) is 0.246. The van der Waals surface area contributed by atoms with Crippen molar-refractivity contribution >= 4 is 36.7 Å². The number of anilines is 1. The van der Waals surface area contributed by atoms with E-state index in [9.17, 15) is 31.8 Å². The van der Waals surface area contributed by atoms with Crippen LogP contribution in [0.15, 0.2) is 69.2 Å². The fraction of sp³-hybridized carbons (Fsp3) is 0.0952. The summed E-state index contributed by atoms with van der Waals surface area (Å²) in [6.07, 6.45) is 0. The Hall–Kier alpha value is -3.85. The Balaban J connectivity index is 0.000000203. The summed E-state index contributed by atoms with van der Waals surface area (Å²) in [7, 11) is -7.44. The summed E-state index contributed by atoms with van der Waals surface area (Å²) in [6.45, 7) is 1.83. The van der Waals surface area contributed by atoms with Gasteiger partial charge in [-0.2, -0.15) is 16.8 Å². The number of aromatic hydroxyl groups is 2. The molecule has 186 valence electrons. The third kappa shape index (κ3) is 5.14. The smallest absolute Gasteiger partial charge is 0.294 e. The van der Waals surface area contributed by atoms with E-state index in [4.69, 9.17) is 14.8 Å². The van der Waals surface area contributed by atoms with Gasteiger partial charge >= 0.3 is 0 Å². The van der Waals surface area contributed by atoms with E-state index in [-0.39, 0.29) is 16.3 Å². The highest BCUT2D eigenvalue weighted by atomic mass is 32.2. The molecule has 0 saturated carbocycles. The lowest BCUT2D eigenvalue weighted by atomic mass is 10.1. The van der Waals surface area contributed by atoms with E-state index >= 15 is 0 Å². The van der Waals surface area contributed by atoms with E-state index in [1.54, 1.807) is 9.36 Å². The van der Waals surface area contributed by atoms with Gasteiger partial charge in [-0.05, 0) is 36.6 Å². The molecule has 0 bridgehead atoms. The van der Waals surface area contributed by atoms with E-state index in [0.29, 0.717) is 17.8 Å². The fourth-order valence-corrected chi connectivity index (χ4v) is 4.38. The number of para-hydroxylation sites is 1. The Morgan fingerprint density at radius 2 is 1.29 bits per heavy atom. The van der Waals surface area contributed by atoms with Crippen molar-refractivity contribution in [2.45, 2.75) is 16.7 Å². The molecule has 4 rings (SSSR count). The zero-order chi connectivity index (χ0) is 26.3. The molecule has 0 aliphatic carbocycles. The first-order valence-corrected chi connectivity index (χ1v) is 12.5. The molecule has 14 heteroatoms. The first-order valence-electron chi connectivity index (χ1n) is 9.67. The molecule has 12 nitrogen and oxygen atoms in total. The number of hydrogen-bond acceptors (Lipinski definition) is 8. The Morgan fingerprint density at radius 3 is 1.66 bits per heavy atom. The molecule has 0 fully saturated rings. The zero-order valence-electron chi connectivity index (χ0n) is 18.3. The van der Waals surface area contributed by atoms with Crippen LogP contribution in [0.4, 0.5) is 5.69 Å². The predicted octanol–water partition coefficient (Wildman–Crippen LogP) is 1.81. The maximum absolute atomic E-state index is 11.8. The maximum atomic E-state index is 11.8. The van der Waals surface area contributed by atoms with Gasteiger partial charge in [-0.1, -0.05) is 18.2 Å². The van der Waals surface area contributed by atoms with Crippen molar-refractivity contribution in [3.05, 3.63) is 70.6 Å². The minimum absolute atomic E-state index is 0.166. The van der Waals surface area contributed by atoms with Crippen LogP contribution in [-0.2, 0) is 27.3 Å². The van der Waals surface area contributed by atoms with Gasteiger partial charge in [0, 0.05) is 19.2 Å². The largest absolute Gasteiger partial charge is 0.507 e. The van der Waals surface area contributed by atoms with Gasteiger partial charge in [-0.25, -0.2) is 4.68 Å². The Labute approximate surface area is 199 Å². The number of nitrogens with zero attached hydrogens (tertiary/aromatic N) is 2. The number of phenols is 2. The van der Waals surface area contributed by atoms with Crippen molar-refractivity contribution in [1.82, 2.24) is 9.36 Å². The second-order valence-electron chi connectivity index (χ2n) is 7.41. The van der Waals surface area contributed by atoms with Crippen LogP contribution >= 0.6 is 0 Å². The van der Waals surface area contributed by atoms with Crippen LogP contribution in [0, 0.1) is 6.92 Å². The van der Waals surface area contributed by atoms with Gasteiger partial charge in [0.1, 0.15) is 17.2 Å². The second kappa shape index (κ2) is 9.07. The first kappa shape index (κ1) is 25.8. The van der Waals surface area contributed by atoms with E-state index in [1.807, 2.05) is 44.3 Å². The zero-order valence-corrected chi connectivity index (χ0v) is 19.9. The van der Waals surface area contributed by atoms with Crippen LogP contribution in [0.1, 0.15) is 5.69 Å². The van der Waals surface area contributed by atoms with Crippen molar-refractivity contribution in [3.8, 4) is 17.2 Å². The van der Waals surface area contributed by atoms with Gasteiger partial charge in [-0.15, -0.1) is 0 Å². The number of nitrogens with two attached hydrogens (primary N) is 1. The summed E-state index contributed by atoms with van der Waals surface area (Å²) in [6, 6.07) is 12.5. The molecule has 0 aliphatic rings. The summed E-state index contributed by atoms with van der Waals surface area (Å²) in [4.78, 5) is 10.5. The summed E-state index contributed by atoms with van der Waals surface area (Å²) >= 11 is 0. The standard InChI is InChI=1S/C11H13N3O.C10H8O8S2/c1-8-10(12)11(15)14(13(8)2)9-6-4-3-5-7-9;11-8-3-6(19(13,14)15)1-5-2-7(20(16,17)18)4-9(12)10(5)8/h3-7H,12H2,1-2H3;1-4,11-12H,(H,13,14,15)(H,16,17,18). The van der Waals surface area contributed by atoms with Gasteiger partial charge in [0.05, 0.1) is 26.6 Å². The topological polar surface area (TPSA) is 202 Å². The number of fused-ring (bicyclic) bond motifs is 1. The first-order chi connectivity index (χ1) is 16.1. The van der Waals surface area contributed by atoms with Crippen molar-refractivity contribution in [1.29, 1.82) is 0 Å². The third-order valence-corrected chi connectivity index (χ3v) is 6.81. The molecule has 0 atom stereocenters. The highest BCUT2D eigenvalue weighted by molar-refractivity contribution is 7.86. The van der Waals surface area contributed by atoms with Crippen molar-refractivity contribution < 1.29 is 36.2 Å². The second-order valence-corrected chi connectivity index (χ2v) is 10.3. The highest BCUT2D eigenvalue weighted by Gasteiger charge is 2.19. The van der Waals surface area contributed by atoms with Crippen LogP contribution in [0.25, 0.3) is 16.5 Å². The van der Waals surface area contributed by atoms with Gasteiger partial charge < -0.3 is 15.9 Å². The average Bonchev–Trinajstić information content (AvgIpc) is 2.95. The monoisotopic (exact) mass is 523 g/mol. The molecule has 35 heavy (non-hydrogen) atoms. The van der Waals surface area contributed by atoms with E-state index in [2.05, 4.69) is 0 Å². The third-order valence-electron chi connectivity index (χ3n) is 5.15. The Morgan fingerprint density at radius 1 is 0.829 bits per heavy atom. The van der Waals surface area contributed by atoms with Crippen LogP contribution in [0.2, 0.25) is 0 Å². The molecule has 0 amide bonds. The molecular weight excluding hydrogens is 502 g/mol. The minimum Gasteiger partial charge on any atom is -0.507 e. The molecule has 0 aliphatic heterocycles. The fourth-order valence-electron chi connectivity index (χ4n) is 3.30. The summed E-state index contributed by atoms with van der Waals surface area (Å²) < 4.78 is 65.2. The molecule has 0 unspecified atom stereocenters. The lowest BCUT2D eigenvalue weighted by Gasteiger charge is -2.08. The molecule has 0 spiro atoms. The lowest BCUT2D eigenvalue weighted by molar-refractivity contribution is 0.456. The molecular formula is C21H21N3O9S2. The molecule has 0 radical (unpaired) electrons. The number of phenolic OH excluding ortho intramolecular Hbond substituents is 2. The average molecular weight is 524 g/mol. The van der Waals surface area contributed by atoms with Gasteiger partial charge in [0.25, 0.3) is 25.8 Å². The van der Waals surface area contributed by atoms with Gasteiger partial charge in [0.2, 0.25) is 0 Å². The number of nitrogen functional groups attached to an aromatic ring is 1. The highest BCUT2D eigenvalue weighted by Crippen LogP contribution is 2.37. The number of benzene rings is 3. The summed E-state index contributed by atoms with van der Waals surface area (Å²) in [5, 5.41) is 18.9. The lowest BCUT2D eigenvalue weighted by Crippen LogP contribution is -2.20. The van der Waals surface area contributed by atoms with Crippen LogP contribution in [-0.4, -0.2) is 45.5 Å². The summed E-state index contributed by atoms with van der Waals surface area (Å²) in [5.74, 6) is -1.34. The molecule has 6 N–H and O–H groups in total. The number of rotatable bonds is 3. The number of hydrogen-bond donors (Lipinski definition) is 5. The normalized spacial score (nSPS) is 11.8. The summed E-state index contributed by atoms with van der Waals surface area (Å²) in [5.41, 5.74) is 7.43. The number of aromatic nitrogens is 2. The molecule has 4 aromatic rings. The van der Waals surface area contributed by atoms with E-state index < -0.39 is 41.5 Å². The Kier molecular flexibility index (Phi) is 6.68. The van der Waals surface area contributed by atoms with Crippen molar-refractivity contribution in [2.24, 2.45) is 7.05 Å². The Bertz CT molecular complexity index is 1630. The maximum Gasteiger partial charge on any atom is 0.294 e. The SMILES string of the molecule is Cc1c(N)c(=O)n(-c2ccccc2)n1C.O=S(=O)(O)c1cc(O)c2c(O)cc(S(=O)(=O)O)cc2c1. The molecule has 1 heterocycles. The van der Waals surface area contributed by atoms with Crippen molar-refractivity contribution in [3.63, 3.8) is 0 Å². The van der Waals surface area contributed by atoms with E-state index in [0.717, 1.165) is 23.5 Å². The van der Waals surface area contributed by atoms with Gasteiger partial charge in [-0.3, -0.25) is 18.6 Å². The van der Waals surface area contributed by atoms with E-state index in [1.165, 1.54) is 0 Å². The molecule has 1 aromatic heterocycles. The van der Waals surface area contributed by atoms with Crippen LogP contribution < -0.4 is 11.3 Å². The molecule has 3 aromatic carbocycles. The predicted molar refractivity (Wildman–Crippen MR) is 127 cm³/mol. The van der Waals surface area contributed by atoms with Crippen LogP contribution in [0.5, 0.6) is 11.5 Å². The minimum atomic E-state index is -4.63. The van der Waals surface area contributed by atoms with Crippen molar-refractivity contribution in [2.75, 3.05) is 5.73 Å².